The van der Waals surface area contributed by atoms with Crippen LogP contribution in [0.1, 0.15) is 48.4 Å². The lowest BCUT2D eigenvalue weighted by Crippen LogP contribution is -2.56. The summed E-state index contributed by atoms with van der Waals surface area (Å²) in [5.41, 5.74) is 2.71. The molecule has 2 saturated heterocycles. The van der Waals surface area contributed by atoms with Crippen molar-refractivity contribution in [2.45, 2.75) is 49.2 Å². The van der Waals surface area contributed by atoms with Gasteiger partial charge in [-0.15, -0.1) is 0 Å². The van der Waals surface area contributed by atoms with Crippen molar-refractivity contribution in [3.05, 3.63) is 106 Å². The van der Waals surface area contributed by atoms with Crippen LogP contribution in [-0.2, 0) is 10.2 Å². The summed E-state index contributed by atoms with van der Waals surface area (Å²) in [6.07, 6.45) is 3.67. The summed E-state index contributed by atoms with van der Waals surface area (Å²) in [5, 5.41) is 4.46. The number of nitrogens with zero attached hydrogens (tertiary/aromatic N) is 1. The fourth-order valence-electron chi connectivity index (χ4n) is 6.14. The number of piperidine rings is 1. The molecule has 2 heterocycles. The molecule has 2 atom stereocenters. The van der Waals surface area contributed by atoms with Crippen LogP contribution in [0.4, 0.5) is 0 Å². The molecule has 5 rings (SSSR count). The molecular weight excluding hydrogens is 451 g/mol. The molecule has 0 spiro atoms. The first-order valence-corrected chi connectivity index (χ1v) is 12.3. The van der Waals surface area contributed by atoms with E-state index in [9.17, 15) is 4.79 Å². The third-order valence-corrected chi connectivity index (χ3v) is 8.22. The highest BCUT2D eigenvalue weighted by Crippen LogP contribution is 2.52. The number of hydrogen-bond donors (Lipinski definition) is 1. The molecule has 3 aromatic rings. The average Bonchev–Trinajstić information content (AvgIpc) is 3.10. The van der Waals surface area contributed by atoms with Gasteiger partial charge in [-0.2, -0.15) is 0 Å². The summed E-state index contributed by atoms with van der Waals surface area (Å²) in [6.45, 7) is 0. The van der Waals surface area contributed by atoms with Gasteiger partial charge in [0.2, 0.25) is 5.91 Å². The molecule has 33 heavy (non-hydrogen) atoms. The number of carbonyl (C=O) groups is 1. The second-order valence-electron chi connectivity index (χ2n) is 9.21. The predicted molar refractivity (Wildman–Crippen MR) is 135 cm³/mol. The molecule has 3 nitrogen and oxygen atoms in total. The molecule has 5 heteroatoms. The van der Waals surface area contributed by atoms with Crippen molar-refractivity contribution in [3.8, 4) is 0 Å². The second-order valence-corrected chi connectivity index (χ2v) is 10.0. The largest absolute Gasteiger partial charge is 0.358 e. The molecule has 2 unspecified atom stereocenters. The Morgan fingerprint density at radius 1 is 0.848 bits per heavy atom. The van der Waals surface area contributed by atoms with Crippen molar-refractivity contribution in [1.82, 2.24) is 10.2 Å². The van der Waals surface area contributed by atoms with Crippen LogP contribution in [0.2, 0.25) is 10.0 Å². The first kappa shape index (κ1) is 22.5. The predicted octanol–water partition coefficient (Wildman–Crippen LogP) is 6.39. The van der Waals surface area contributed by atoms with Crippen molar-refractivity contribution in [2.75, 3.05) is 7.05 Å². The Balaban J connectivity index is 1.61. The molecule has 2 fully saturated rings. The van der Waals surface area contributed by atoms with Crippen LogP contribution >= 0.6 is 23.2 Å². The number of halogens is 2. The zero-order chi connectivity index (χ0) is 23.0. The molecule has 2 aliphatic rings. The van der Waals surface area contributed by atoms with Crippen LogP contribution in [0.15, 0.2) is 78.9 Å². The Morgan fingerprint density at radius 2 is 1.33 bits per heavy atom. The van der Waals surface area contributed by atoms with Gasteiger partial charge >= 0.3 is 0 Å². The first-order chi connectivity index (χ1) is 16.0. The van der Waals surface area contributed by atoms with E-state index >= 15 is 0 Å². The van der Waals surface area contributed by atoms with E-state index in [-0.39, 0.29) is 24.0 Å². The Labute approximate surface area is 205 Å². The van der Waals surface area contributed by atoms with Gasteiger partial charge in [-0.3, -0.25) is 9.69 Å². The van der Waals surface area contributed by atoms with Gasteiger partial charge in [-0.1, -0.05) is 89.9 Å². The number of rotatable bonds is 5. The quantitative estimate of drug-likeness (QED) is 0.460. The van der Waals surface area contributed by atoms with Gasteiger partial charge in [-0.05, 0) is 54.5 Å². The number of carbonyl (C=O) groups excluding carboxylic acids is 1. The summed E-state index contributed by atoms with van der Waals surface area (Å²) >= 11 is 13.5. The van der Waals surface area contributed by atoms with Crippen LogP contribution in [0.25, 0.3) is 0 Å². The van der Waals surface area contributed by atoms with E-state index in [4.69, 9.17) is 23.2 Å². The van der Waals surface area contributed by atoms with E-state index < -0.39 is 5.41 Å². The van der Waals surface area contributed by atoms with Crippen molar-refractivity contribution < 1.29 is 4.79 Å². The van der Waals surface area contributed by atoms with Gasteiger partial charge in [0.05, 0.1) is 11.5 Å². The molecule has 2 bridgehead atoms. The van der Waals surface area contributed by atoms with E-state index in [1.807, 2.05) is 54.6 Å². The van der Waals surface area contributed by atoms with E-state index in [0.717, 1.165) is 52.4 Å². The minimum atomic E-state index is -0.524. The lowest BCUT2D eigenvalue weighted by atomic mass is 9.68. The highest BCUT2D eigenvalue weighted by Gasteiger charge is 2.54. The lowest BCUT2D eigenvalue weighted by Gasteiger charge is -2.49. The highest BCUT2D eigenvalue weighted by molar-refractivity contribution is 6.32. The molecule has 0 saturated carbocycles. The van der Waals surface area contributed by atoms with Crippen molar-refractivity contribution in [3.63, 3.8) is 0 Å². The molecule has 3 aromatic carbocycles. The maximum Gasteiger partial charge on any atom is 0.230 e. The Bertz CT molecular complexity index is 1090. The number of benzene rings is 3. The number of amides is 1. The normalized spacial score (nSPS) is 24.7. The topological polar surface area (TPSA) is 32.3 Å². The number of nitrogens with one attached hydrogen (secondary N) is 1. The highest BCUT2D eigenvalue weighted by atomic mass is 35.5. The zero-order valence-corrected chi connectivity index (χ0v) is 20.2. The second kappa shape index (κ2) is 9.13. The average molecular weight is 479 g/mol. The smallest absolute Gasteiger partial charge is 0.230 e. The van der Waals surface area contributed by atoms with Gasteiger partial charge in [0.15, 0.2) is 0 Å². The molecule has 0 radical (unpaired) electrons. The minimum absolute atomic E-state index is 0.0524. The summed E-state index contributed by atoms with van der Waals surface area (Å²) in [5.74, 6) is 0.109. The third-order valence-electron chi connectivity index (χ3n) is 7.53. The Morgan fingerprint density at radius 3 is 1.82 bits per heavy atom. The SMILES string of the molecule is CNC(=O)C1(c2ccccc2)CC2CCC(C1)N2C(c1ccccc1Cl)c1ccccc1Cl. The first-order valence-electron chi connectivity index (χ1n) is 11.6. The van der Waals surface area contributed by atoms with Crippen molar-refractivity contribution in [1.29, 1.82) is 0 Å². The summed E-state index contributed by atoms with van der Waals surface area (Å²) < 4.78 is 0. The molecule has 1 N–H and O–H groups in total. The van der Waals surface area contributed by atoms with Crippen LogP contribution in [0, 0.1) is 0 Å². The maximum atomic E-state index is 13.4. The zero-order valence-electron chi connectivity index (χ0n) is 18.7. The standard InChI is InChI=1S/C28H28Cl2N2O/c1-31-27(33)28(19-9-3-2-4-10-19)17-20-15-16-21(18-28)32(20)26(22-11-5-7-13-24(22)29)23-12-6-8-14-25(23)30/h2-14,20-21,26H,15-18H2,1H3,(H,31,33). The van der Waals surface area contributed by atoms with Gasteiger partial charge in [0.1, 0.15) is 0 Å². The summed E-state index contributed by atoms with van der Waals surface area (Å²) in [6, 6.07) is 26.8. The summed E-state index contributed by atoms with van der Waals surface area (Å²) in [4.78, 5) is 16.0. The molecule has 0 aromatic heterocycles. The molecular formula is C28H28Cl2N2O. The maximum absolute atomic E-state index is 13.4. The number of fused-ring (bicyclic) bond motifs is 2. The Kier molecular flexibility index (Phi) is 6.22. The fraction of sp³-hybridized carbons (Fsp3) is 0.321. The monoisotopic (exact) mass is 478 g/mol. The number of hydrogen-bond acceptors (Lipinski definition) is 2. The van der Waals surface area contributed by atoms with Gasteiger partial charge in [-0.25, -0.2) is 0 Å². The van der Waals surface area contributed by atoms with Gasteiger partial charge in [0, 0.05) is 29.2 Å². The van der Waals surface area contributed by atoms with E-state index in [1.165, 1.54) is 0 Å². The van der Waals surface area contributed by atoms with E-state index in [2.05, 4.69) is 34.5 Å². The van der Waals surface area contributed by atoms with Gasteiger partial charge < -0.3 is 5.32 Å². The molecule has 2 aliphatic heterocycles. The minimum Gasteiger partial charge on any atom is -0.358 e. The van der Waals surface area contributed by atoms with Crippen molar-refractivity contribution in [2.24, 2.45) is 0 Å². The molecule has 0 aliphatic carbocycles. The number of likely N-dealkylation sites (N-methyl/N-ethyl adjacent to an activating group) is 1. The van der Waals surface area contributed by atoms with E-state index in [0.29, 0.717) is 0 Å². The fourth-order valence-corrected chi connectivity index (χ4v) is 6.61. The lowest BCUT2D eigenvalue weighted by molar-refractivity contribution is -0.129. The van der Waals surface area contributed by atoms with Crippen molar-refractivity contribution >= 4 is 29.1 Å². The molecule has 1 amide bonds. The van der Waals surface area contributed by atoms with Crippen LogP contribution in [-0.4, -0.2) is 29.9 Å². The third kappa shape index (κ3) is 3.86. The Hall–Kier alpha value is -2.33. The van der Waals surface area contributed by atoms with Gasteiger partial charge in [0.25, 0.3) is 0 Å². The van der Waals surface area contributed by atoms with E-state index in [1.54, 1.807) is 7.05 Å². The van der Waals surface area contributed by atoms with Crippen LogP contribution in [0.5, 0.6) is 0 Å². The summed E-state index contributed by atoms with van der Waals surface area (Å²) in [7, 11) is 1.75. The van der Waals surface area contributed by atoms with Crippen LogP contribution in [0.3, 0.4) is 0 Å². The van der Waals surface area contributed by atoms with Crippen LogP contribution < -0.4 is 5.32 Å². The molecule has 170 valence electrons.